The smallest absolute Gasteiger partial charge is 0.306 e. The summed E-state index contributed by atoms with van der Waals surface area (Å²) in [5.74, 6) is -0.882. The van der Waals surface area contributed by atoms with Gasteiger partial charge in [0.1, 0.15) is 5.75 Å². The zero-order valence-corrected chi connectivity index (χ0v) is 8.60. The van der Waals surface area contributed by atoms with Gasteiger partial charge >= 0.3 is 5.97 Å². The Labute approximate surface area is 88.4 Å². The summed E-state index contributed by atoms with van der Waals surface area (Å²) in [6.45, 7) is 1.73. The lowest BCUT2D eigenvalue weighted by atomic mass is 9.89. The van der Waals surface area contributed by atoms with Crippen LogP contribution in [-0.2, 0) is 11.2 Å². The quantitative estimate of drug-likeness (QED) is 0.779. The van der Waals surface area contributed by atoms with Gasteiger partial charge < -0.3 is 10.2 Å². The minimum atomic E-state index is -0.767. The fourth-order valence-corrected chi connectivity index (χ4v) is 2.31. The van der Waals surface area contributed by atoms with Crippen molar-refractivity contribution in [3.63, 3.8) is 0 Å². The summed E-state index contributed by atoms with van der Waals surface area (Å²) in [5, 5.41) is 18.4. The van der Waals surface area contributed by atoms with E-state index in [0.717, 1.165) is 18.4 Å². The van der Waals surface area contributed by atoms with Gasteiger partial charge in [-0.25, -0.2) is 0 Å². The number of phenolic OH excluding ortho intramolecular Hbond substituents is 1. The van der Waals surface area contributed by atoms with Gasteiger partial charge in [0, 0.05) is 0 Å². The highest BCUT2D eigenvalue weighted by Crippen LogP contribution is 2.39. The summed E-state index contributed by atoms with van der Waals surface area (Å²) in [5.41, 5.74) is 2.18. The molecule has 2 rings (SSSR count). The lowest BCUT2D eigenvalue weighted by Gasteiger charge is -2.16. The standard InChI is InChI=1S/C12H14O3/c1-7(12(14)15)10-5-3-8-2-4-9(13)6-11(8)10/h2,4,6-7,10,13H,3,5H2,1H3,(H,14,15). The first-order valence-corrected chi connectivity index (χ1v) is 5.14. The maximum Gasteiger partial charge on any atom is 0.306 e. The van der Waals surface area contributed by atoms with E-state index in [0.29, 0.717) is 0 Å². The highest BCUT2D eigenvalue weighted by Gasteiger charge is 2.31. The summed E-state index contributed by atoms with van der Waals surface area (Å²) in [6, 6.07) is 5.25. The summed E-state index contributed by atoms with van der Waals surface area (Å²) in [7, 11) is 0. The molecule has 0 saturated heterocycles. The fourth-order valence-electron chi connectivity index (χ4n) is 2.31. The second-order valence-corrected chi connectivity index (χ2v) is 4.16. The van der Waals surface area contributed by atoms with Crippen LogP contribution >= 0.6 is 0 Å². The number of hydrogen-bond donors (Lipinski definition) is 2. The van der Waals surface area contributed by atoms with E-state index in [4.69, 9.17) is 5.11 Å². The average molecular weight is 206 g/mol. The molecule has 1 aliphatic rings. The van der Waals surface area contributed by atoms with Gasteiger partial charge in [-0.05, 0) is 42.0 Å². The lowest BCUT2D eigenvalue weighted by molar-refractivity contribution is -0.141. The van der Waals surface area contributed by atoms with E-state index in [1.54, 1.807) is 19.1 Å². The van der Waals surface area contributed by atoms with Crippen LogP contribution < -0.4 is 0 Å². The highest BCUT2D eigenvalue weighted by molar-refractivity contribution is 5.71. The summed E-state index contributed by atoms with van der Waals surface area (Å²) in [4.78, 5) is 10.9. The Balaban J connectivity index is 2.35. The third-order valence-electron chi connectivity index (χ3n) is 3.25. The van der Waals surface area contributed by atoms with Gasteiger partial charge in [-0.3, -0.25) is 4.79 Å². The topological polar surface area (TPSA) is 57.5 Å². The van der Waals surface area contributed by atoms with Crippen molar-refractivity contribution in [1.29, 1.82) is 0 Å². The third-order valence-corrected chi connectivity index (χ3v) is 3.25. The minimum absolute atomic E-state index is 0.0459. The predicted molar refractivity (Wildman–Crippen MR) is 56.0 cm³/mol. The van der Waals surface area contributed by atoms with E-state index in [9.17, 15) is 9.90 Å². The first-order valence-electron chi connectivity index (χ1n) is 5.14. The molecule has 0 bridgehead atoms. The Morgan fingerprint density at radius 2 is 2.27 bits per heavy atom. The molecule has 1 aromatic carbocycles. The Bertz CT molecular complexity index is 398. The van der Waals surface area contributed by atoms with E-state index in [2.05, 4.69) is 0 Å². The van der Waals surface area contributed by atoms with Crippen molar-refractivity contribution in [2.24, 2.45) is 5.92 Å². The van der Waals surface area contributed by atoms with E-state index >= 15 is 0 Å². The summed E-state index contributed by atoms with van der Waals surface area (Å²) in [6.07, 6.45) is 1.78. The van der Waals surface area contributed by atoms with Gasteiger partial charge in [-0.1, -0.05) is 13.0 Å². The van der Waals surface area contributed by atoms with Gasteiger partial charge in [0.15, 0.2) is 0 Å². The molecule has 0 saturated carbocycles. The molecule has 2 atom stereocenters. The van der Waals surface area contributed by atoms with Crippen LogP contribution in [-0.4, -0.2) is 16.2 Å². The van der Waals surface area contributed by atoms with Crippen LogP contribution in [0.4, 0.5) is 0 Å². The van der Waals surface area contributed by atoms with Crippen LogP contribution in [0.5, 0.6) is 5.75 Å². The second kappa shape index (κ2) is 3.57. The summed E-state index contributed by atoms with van der Waals surface area (Å²) >= 11 is 0. The number of carboxylic acid groups (broad SMARTS) is 1. The number of phenols is 1. The van der Waals surface area contributed by atoms with Crippen molar-refractivity contribution >= 4 is 5.97 Å². The Hall–Kier alpha value is -1.51. The van der Waals surface area contributed by atoms with Crippen LogP contribution in [0.2, 0.25) is 0 Å². The lowest BCUT2D eigenvalue weighted by Crippen LogP contribution is -2.17. The molecule has 1 aromatic rings. The summed E-state index contributed by atoms with van der Waals surface area (Å²) < 4.78 is 0. The number of carboxylic acids is 1. The zero-order chi connectivity index (χ0) is 11.0. The number of benzene rings is 1. The van der Waals surface area contributed by atoms with Crippen molar-refractivity contribution in [2.45, 2.75) is 25.7 Å². The zero-order valence-electron chi connectivity index (χ0n) is 8.60. The number of fused-ring (bicyclic) bond motifs is 1. The highest BCUT2D eigenvalue weighted by atomic mass is 16.4. The van der Waals surface area contributed by atoms with Gasteiger partial charge in [0.05, 0.1) is 5.92 Å². The normalized spacial score (nSPS) is 21.0. The van der Waals surface area contributed by atoms with Gasteiger partial charge in [-0.2, -0.15) is 0 Å². The van der Waals surface area contributed by atoms with Crippen LogP contribution in [0.15, 0.2) is 18.2 Å². The first kappa shape index (κ1) is 10.0. The van der Waals surface area contributed by atoms with Gasteiger partial charge in [-0.15, -0.1) is 0 Å². The molecule has 80 valence electrons. The number of rotatable bonds is 2. The van der Waals surface area contributed by atoms with E-state index in [1.165, 1.54) is 5.56 Å². The fraction of sp³-hybridized carbons (Fsp3) is 0.417. The molecular formula is C12H14O3. The van der Waals surface area contributed by atoms with Crippen LogP contribution in [0.3, 0.4) is 0 Å². The molecule has 0 aromatic heterocycles. The predicted octanol–water partition coefficient (Wildman–Crippen LogP) is 2.14. The monoisotopic (exact) mass is 206 g/mol. The van der Waals surface area contributed by atoms with Crippen LogP contribution in [0.1, 0.15) is 30.4 Å². The average Bonchev–Trinajstić information content (AvgIpc) is 2.59. The number of carbonyl (C=O) groups is 1. The number of hydrogen-bond acceptors (Lipinski definition) is 2. The third kappa shape index (κ3) is 1.69. The SMILES string of the molecule is CC(C(=O)O)C1CCc2ccc(O)cc21. The molecule has 3 heteroatoms. The molecule has 0 radical (unpaired) electrons. The first-order chi connectivity index (χ1) is 7.09. The molecule has 1 aliphatic carbocycles. The number of aliphatic carboxylic acids is 1. The minimum Gasteiger partial charge on any atom is -0.508 e. The molecule has 3 nitrogen and oxygen atoms in total. The van der Waals surface area contributed by atoms with Crippen LogP contribution in [0, 0.1) is 5.92 Å². The molecule has 0 amide bonds. The molecule has 0 aliphatic heterocycles. The molecule has 0 fully saturated rings. The van der Waals surface area contributed by atoms with Crippen molar-refractivity contribution in [3.05, 3.63) is 29.3 Å². The Morgan fingerprint density at radius 3 is 2.93 bits per heavy atom. The van der Waals surface area contributed by atoms with Gasteiger partial charge in [0.2, 0.25) is 0 Å². The largest absolute Gasteiger partial charge is 0.508 e. The maximum absolute atomic E-state index is 10.9. The van der Waals surface area contributed by atoms with Crippen molar-refractivity contribution in [1.82, 2.24) is 0 Å². The molecule has 2 unspecified atom stereocenters. The molecule has 0 spiro atoms. The molecule has 0 heterocycles. The Kier molecular flexibility index (Phi) is 2.39. The van der Waals surface area contributed by atoms with E-state index < -0.39 is 5.97 Å². The number of aromatic hydroxyl groups is 1. The molecule has 15 heavy (non-hydrogen) atoms. The maximum atomic E-state index is 10.9. The number of aryl methyl sites for hydroxylation is 1. The second-order valence-electron chi connectivity index (χ2n) is 4.16. The van der Waals surface area contributed by atoms with E-state index in [-0.39, 0.29) is 17.6 Å². The van der Waals surface area contributed by atoms with Crippen LogP contribution in [0.25, 0.3) is 0 Å². The van der Waals surface area contributed by atoms with Crippen molar-refractivity contribution in [3.8, 4) is 5.75 Å². The Morgan fingerprint density at radius 1 is 1.53 bits per heavy atom. The molecule has 2 N–H and O–H groups in total. The molecular weight excluding hydrogens is 192 g/mol. The van der Waals surface area contributed by atoms with Gasteiger partial charge in [0.25, 0.3) is 0 Å². The van der Waals surface area contributed by atoms with Crippen molar-refractivity contribution in [2.75, 3.05) is 0 Å². The van der Waals surface area contributed by atoms with Crippen molar-refractivity contribution < 1.29 is 15.0 Å². The van der Waals surface area contributed by atoms with E-state index in [1.807, 2.05) is 6.07 Å².